The lowest BCUT2D eigenvalue weighted by atomic mass is 9.69. The molecule has 176 valence electrons. The van der Waals surface area contributed by atoms with Crippen molar-refractivity contribution in [3.05, 3.63) is 99.6 Å². The van der Waals surface area contributed by atoms with Crippen LogP contribution in [0.25, 0.3) is 0 Å². The lowest BCUT2D eigenvalue weighted by molar-refractivity contribution is -0.384. The Bertz CT molecular complexity index is 1370. The number of nitrogens with zero attached hydrogens (tertiary/aromatic N) is 3. The maximum atomic E-state index is 14.5. The molecule has 3 aromatic rings. The van der Waals surface area contributed by atoms with Crippen LogP contribution in [0.2, 0.25) is 0 Å². The molecule has 2 saturated heterocycles. The first-order valence-corrected chi connectivity index (χ1v) is 12.2. The number of nitrogens with one attached hydrogen (secondary N) is 1. The van der Waals surface area contributed by atoms with Gasteiger partial charge >= 0.3 is 0 Å². The van der Waals surface area contributed by atoms with Crippen LogP contribution < -0.4 is 5.32 Å². The minimum atomic E-state index is -1.41. The van der Waals surface area contributed by atoms with Crippen LogP contribution in [0.1, 0.15) is 27.4 Å². The number of pyridine rings is 1. The average molecular weight is 491 g/mol. The van der Waals surface area contributed by atoms with E-state index in [-0.39, 0.29) is 23.4 Å². The second-order valence-electron chi connectivity index (χ2n) is 8.91. The highest BCUT2D eigenvalue weighted by molar-refractivity contribution is 7.99. The summed E-state index contributed by atoms with van der Waals surface area (Å²) >= 11 is 1.64. The van der Waals surface area contributed by atoms with Gasteiger partial charge in [-0.3, -0.25) is 29.6 Å². The third-order valence-corrected chi connectivity index (χ3v) is 8.34. The lowest BCUT2D eigenvalue weighted by Crippen LogP contribution is -2.52. The molecule has 0 saturated carbocycles. The quantitative estimate of drug-likeness (QED) is 0.335. The first-order chi connectivity index (χ1) is 16.9. The molecule has 10 heteroatoms. The minimum absolute atomic E-state index is 0.0553. The van der Waals surface area contributed by atoms with Gasteiger partial charge in [-0.1, -0.05) is 12.1 Å². The smallest absolute Gasteiger partial charge is 0.269 e. The van der Waals surface area contributed by atoms with Gasteiger partial charge in [0.25, 0.3) is 5.69 Å². The van der Waals surface area contributed by atoms with Crippen molar-refractivity contribution in [3.63, 3.8) is 0 Å². The molecule has 4 atom stereocenters. The lowest BCUT2D eigenvalue weighted by Gasteiger charge is -2.36. The molecule has 1 amide bonds. The molecule has 6 rings (SSSR count). The van der Waals surface area contributed by atoms with Crippen molar-refractivity contribution in [3.8, 4) is 0 Å². The van der Waals surface area contributed by atoms with Crippen molar-refractivity contribution in [1.29, 1.82) is 0 Å². The molecule has 0 radical (unpaired) electrons. The number of Topliss-reactive ketones (excluding diaryl/α,β-unsaturated/α-hetero) is 1. The molecule has 2 fully saturated rings. The van der Waals surface area contributed by atoms with Crippen LogP contribution in [0, 0.1) is 21.8 Å². The second-order valence-corrected chi connectivity index (χ2v) is 9.91. The number of fused-ring (bicyclic) bond motifs is 4. The number of rotatable bonds is 4. The summed E-state index contributed by atoms with van der Waals surface area (Å²) in [6.07, 6.45) is 3.04. The highest BCUT2D eigenvalue weighted by atomic mass is 32.2. The maximum absolute atomic E-state index is 14.5. The summed E-state index contributed by atoms with van der Waals surface area (Å²) in [7, 11) is 0. The fourth-order valence-electron chi connectivity index (χ4n) is 5.93. The maximum Gasteiger partial charge on any atom is 0.269 e. The molecule has 1 spiro atoms. The molecule has 0 unspecified atom stereocenters. The van der Waals surface area contributed by atoms with Gasteiger partial charge in [-0.2, -0.15) is 0 Å². The molecule has 3 aliphatic heterocycles. The van der Waals surface area contributed by atoms with Crippen LogP contribution in [0.3, 0.4) is 0 Å². The van der Waals surface area contributed by atoms with Crippen LogP contribution in [0.15, 0.2) is 67.0 Å². The number of amides is 1. The van der Waals surface area contributed by atoms with Crippen molar-refractivity contribution in [2.24, 2.45) is 5.92 Å². The van der Waals surface area contributed by atoms with Gasteiger partial charge in [0.05, 0.1) is 10.8 Å². The van der Waals surface area contributed by atoms with Crippen LogP contribution in [-0.4, -0.2) is 44.2 Å². The van der Waals surface area contributed by atoms with Gasteiger partial charge in [0.15, 0.2) is 5.78 Å². The Morgan fingerprint density at radius 3 is 2.74 bits per heavy atom. The third kappa shape index (κ3) is 3.06. The molecular weight excluding hydrogens is 471 g/mol. The number of carbonyl (C=O) groups excluding carboxylic acids is 2. The predicted molar refractivity (Wildman–Crippen MR) is 128 cm³/mol. The van der Waals surface area contributed by atoms with Crippen LogP contribution >= 0.6 is 11.8 Å². The first kappa shape index (κ1) is 21.9. The first-order valence-electron chi connectivity index (χ1n) is 11.1. The van der Waals surface area contributed by atoms with E-state index in [9.17, 15) is 24.1 Å². The number of carbonyl (C=O) groups is 2. The molecule has 4 heterocycles. The van der Waals surface area contributed by atoms with E-state index in [2.05, 4.69) is 10.3 Å². The number of ketones is 1. The van der Waals surface area contributed by atoms with E-state index in [1.54, 1.807) is 42.2 Å². The van der Waals surface area contributed by atoms with Crippen molar-refractivity contribution < 1.29 is 18.9 Å². The number of halogens is 1. The number of nitro benzene ring substituents is 1. The van der Waals surface area contributed by atoms with Crippen molar-refractivity contribution in [1.82, 2.24) is 9.88 Å². The number of anilines is 1. The fraction of sp³-hybridized carbons (Fsp3) is 0.240. The largest absolute Gasteiger partial charge is 0.324 e. The highest BCUT2D eigenvalue weighted by Gasteiger charge is 2.69. The number of thioether (sulfide) groups is 1. The molecule has 8 nitrogen and oxygen atoms in total. The van der Waals surface area contributed by atoms with E-state index in [1.807, 2.05) is 4.90 Å². The monoisotopic (exact) mass is 490 g/mol. The summed E-state index contributed by atoms with van der Waals surface area (Å²) in [6, 6.07) is 13.4. The number of non-ortho nitro benzene ring substituents is 1. The summed E-state index contributed by atoms with van der Waals surface area (Å²) in [5.41, 5.74) is 0.549. The van der Waals surface area contributed by atoms with Crippen LogP contribution in [-0.2, 0) is 10.3 Å². The van der Waals surface area contributed by atoms with Gasteiger partial charge in [0, 0.05) is 64.9 Å². The number of hydrogen-bond donors (Lipinski definition) is 1. The fourth-order valence-corrected chi connectivity index (χ4v) is 7.25. The number of nitro groups is 1. The van der Waals surface area contributed by atoms with Crippen LogP contribution in [0.5, 0.6) is 0 Å². The zero-order chi connectivity index (χ0) is 24.3. The van der Waals surface area contributed by atoms with Gasteiger partial charge in [-0.25, -0.2) is 4.39 Å². The Labute approximate surface area is 203 Å². The predicted octanol–water partition coefficient (Wildman–Crippen LogP) is 3.95. The Morgan fingerprint density at radius 2 is 2.03 bits per heavy atom. The average Bonchev–Trinajstić information content (AvgIpc) is 3.53. The topological polar surface area (TPSA) is 105 Å². The van der Waals surface area contributed by atoms with E-state index < -0.39 is 28.1 Å². The molecule has 0 bridgehead atoms. The van der Waals surface area contributed by atoms with E-state index in [0.717, 1.165) is 5.56 Å². The summed E-state index contributed by atoms with van der Waals surface area (Å²) in [5.74, 6) is -1.30. The Morgan fingerprint density at radius 1 is 1.23 bits per heavy atom. The molecule has 1 N–H and O–H groups in total. The van der Waals surface area contributed by atoms with Crippen molar-refractivity contribution in [2.45, 2.75) is 17.5 Å². The summed E-state index contributed by atoms with van der Waals surface area (Å²) < 4.78 is 14.5. The van der Waals surface area contributed by atoms with Gasteiger partial charge < -0.3 is 5.32 Å². The zero-order valence-corrected chi connectivity index (χ0v) is 19.1. The van der Waals surface area contributed by atoms with Gasteiger partial charge in [-0.05, 0) is 35.9 Å². The second kappa shape index (κ2) is 7.96. The van der Waals surface area contributed by atoms with Crippen molar-refractivity contribution in [2.75, 3.05) is 16.9 Å². The number of aromatic nitrogens is 1. The standard InChI is InChI=1S/C25H19FN4O4S/c26-16-5-8-19-18(10-16)25(24(32)28-19)22(23(31)15-2-1-9-27-11-15)21(20-12-35-13-29(20)25)14-3-6-17(7-4-14)30(33)34/h1-11,20-22H,12-13H2,(H,28,32)/t20-,21-,22+,25-/m0/s1. The molecular formula is C25H19FN4O4S. The van der Waals surface area contributed by atoms with Crippen molar-refractivity contribution >= 4 is 34.8 Å². The molecule has 35 heavy (non-hydrogen) atoms. The van der Waals surface area contributed by atoms with Gasteiger partial charge in [0.1, 0.15) is 11.4 Å². The summed E-state index contributed by atoms with van der Waals surface area (Å²) in [5, 5.41) is 14.1. The summed E-state index contributed by atoms with van der Waals surface area (Å²) in [6.45, 7) is 0. The Balaban J connectivity index is 1.60. The van der Waals surface area contributed by atoms with Gasteiger partial charge in [0.2, 0.25) is 5.91 Å². The zero-order valence-electron chi connectivity index (χ0n) is 18.3. The molecule has 1 aromatic heterocycles. The minimum Gasteiger partial charge on any atom is -0.324 e. The molecule has 0 aliphatic carbocycles. The van der Waals surface area contributed by atoms with E-state index >= 15 is 0 Å². The summed E-state index contributed by atoms with van der Waals surface area (Å²) in [4.78, 5) is 44.9. The Hall–Kier alpha value is -3.63. The van der Waals surface area contributed by atoms with E-state index in [4.69, 9.17) is 0 Å². The third-order valence-electron chi connectivity index (χ3n) is 7.30. The molecule has 2 aromatic carbocycles. The number of benzene rings is 2. The van der Waals surface area contributed by atoms with E-state index in [1.165, 1.54) is 36.5 Å². The normalized spacial score (nSPS) is 27.0. The SMILES string of the molecule is O=C(c1cccnc1)[C@H]1[C@@H](c2ccc([N+](=O)[O-])cc2)[C@@H]2CSCN2[C@]12C(=O)Nc1ccc(F)cc12. The Kier molecular flexibility index (Phi) is 4.97. The highest BCUT2D eigenvalue weighted by Crippen LogP contribution is 2.61. The van der Waals surface area contributed by atoms with Crippen LogP contribution in [0.4, 0.5) is 15.8 Å². The van der Waals surface area contributed by atoms with E-state index in [0.29, 0.717) is 28.4 Å². The number of hydrogen-bond acceptors (Lipinski definition) is 7. The van der Waals surface area contributed by atoms with Gasteiger partial charge in [-0.15, -0.1) is 11.8 Å². The molecule has 3 aliphatic rings.